The summed E-state index contributed by atoms with van der Waals surface area (Å²) >= 11 is 1.52. The van der Waals surface area contributed by atoms with Crippen LogP contribution in [0.3, 0.4) is 0 Å². The molecule has 2 amide bonds. The van der Waals surface area contributed by atoms with E-state index in [2.05, 4.69) is 15.5 Å². The van der Waals surface area contributed by atoms with Crippen LogP contribution < -0.4 is 15.4 Å². The Bertz CT molecular complexity index is 771. The third kappa shape index (κ3) is 4.87. The van der Waals surface area contributed by atoms with Gasteiger partial charge in [0, 0.05) is 30.1 Å². The molecule has 0 radical (unpaired) electrons. The highest BCUT2D eigenvalue weighted by Gasteiger charge is 2.27. The van der Waals surface area contributed by atoms with E-state index >= 15 is 0 Å². The second kappa shape index (κ2) is 9.01. The quantitative estimate of drug-likeness (QED) is 0.799. The van der Waals surface area contributed by atoms with Crippen LogP contribution in [0.5, 0.6) is 5.75 Å². The summed E-state index contributed by atoms with van der Waals surface area (Å²) in [6.07, 6.45) is 1.67. The molecule has 1 fully saturated rings. The van der Waals surface area contributed by atoms with Crippen LogP contribution in [0.1, 0.15) is 30.1 Å². The molecular weight excluding hydrogens is 362 g/mol. The molecule has 0 bridgehead atoms. The third-order valence-electron chi connectivity index (χ3n) is 4.94. The number of hydrogen-bond acceptors (Lipinski definition) is 5. The zero-order chi connectivity index (χ0) is 19.2. The Morgan fingerprint density at radius 2 is 1.96 bits per heavy atom. The summed E-state index contributed by atoms with van der Waals surface area (Å²) in [5.74, 6) is 0.574. The van der Waals surface area contributed by atoms with Crippen molar-refractivity contribution in [3.05, 3.63) is 46.7 Å². The first-order chi connectivity index (χ1) is 13.1. The van der Waals surface area contributed by atoms with E-state index in [0.717, 1.165) is 25.9 Å². The number of carbonyl (C=O) groups excluding carboxylic acids is 2. The van der Waals surface area contributed by atoms with Gasteiger partial charge in [-0.3, -0.25) is 14.5 Å². The molecule has 1 aliphatic heterocycles. The number of para-hydroxylation sites is 2. The van der Waals surface area contributed by atoms with Crippen LogP contribution in [0.4, 0.5) is 5.69 Å². The topological polar surface area (TPSA) is 70.7 Å². The van der Waals surface area contributed by atoms with Gasteiger partial charge in [0.05, 0.1) is 18.8 Å². The van der Waals surface area contributed by atoms with Crippen LogP contribution in [0.25, 0.3) is 0 Å². The molecular formula is C20H25N3O3S. The van der Waals surface area contributed by atoms with Crippen molar-refractivity contribution in [2.24, 2.45) is 0 Å². The molecule has 2 heterocycles. The molecule has 144 valence electrons. The Hall–Kier alpha value is -2.38. The Labute approximate surface area is 163 Å². The number of ether oxygens (including phenoxy) is 1. The van der Waals surface area contributed by atoms with Crippen molar-refractivity contribution >= 4 is 28.8 Å². The molecule has 1 aromatic carbocycles. The first-order valence-electron chi connectivity index (χ1n) is 9.09. The predicted octanol–water partition coefficient (Wildman–Crippen LogP) is 2.98. The minimum atomic E-state index is -0.247. The van der Waals surface area contributed by atoms with Crippen molar-refractivity contribution in [1.29, 1.82) is 0 Å². The van der Waals surface area contributed by atoms with Crippen LogP contribution >= 0.6 is 11.3 Å². The van der Waals surface area contributed by atoms with Gasteiger partial charge in [0.15, 0.2) is 0 Å². The maximum atomic E-state index is 12.6. The lowest BCUT2D eigenvalue weighted by molar-refractivity contribution is -0.121. The van der Waals surface area contributed by atoms with E-state index in [-0.39, 0.29) is 23.9 Å². The van der Waals surface area contributed by atoms with Crippen LogP contribution in [-0.4, -0.2) is 49.0 Å². The van der Waals surface area contributed by atoms with Crippen molar-refractivity contribution in [3.8, 4) is 5.75 Å². The smallest absolute Gasteiger partial charge is 0.252 e. The number of nitrogens with zero attached hydrogens (tertiary/aromatic N) is 1. The van der Waals surface area contributed by atoms with E-state index in [0.29, 0.717) is 17.0 Å². The van der Waals surface area contributed by atoms with Crippen LogP contribution in [0.2, 0.25) is 0 Å². The van der Waals surface area contributed by atoms with Gasteiger partial charge in [-0.2, -0.15) is 11.3 Å². The average Bonchev–Trinajstić information content (AvgIpc) is 3.23. The standard InChI is InChI=1S/C20H25N3O3S/c1-14(19(24)22-17-5-3-4-6-18(17)26-2)23-10-7-16(8-11-23)21-20(25)15-9-12-27-13-15/h3-6,9,12-14,16H,7-8,10-11H2,1-2H3,(H,21,25)(H,22,24). The van der Waals surface area contributed by atoms with Gasteiger partial charge in [-0.05, 0) is 43.3 Å². The van der Waals surface area contributed by atoms with E-state index in [9.17, 15) is 9.59 Å². The third-order valence-corrected chi connectivity index (χ3v) is 5.62. The van der Waals surface area contributed by atoms with Crippen LogP contribution in [-0.2, 0) is 4.79 Å². The van der Waals surface area contributed by atoms with Gasteiger partial charge in [0.25, 0.3) is 5.91 Å². The molecule has 1 saturated heterocycles. The highest BCUT2D eigenvalue weighted by atomic mass is 32.1. The van der Waals surface area contributed by atoms with Crippen molar-refractivity contribution in [1.82, 2.24) is 10.2 Å². The zero-order valence-corrected chi connectivity index (χ0v) is 16.4. The van der Waals surface area contributed by atoms with Crippen molar-refractivity contribution in [3.63, 3.8) is 0 Å². The summed E-state index contributed by atoms with van der Waals surface area (Å²) in [5, 5.41) is 9.79. The first-order valence-corrected chi connectivity index (χ1v) is 10.0. The van der Waals surface area contributed by atoms with E-state index < -0.39 is 0 Å². The SMILES string of the molecule is COc1ccccc1NC(=O)C(C)N1CCC(NC(=O)c2ccsc2)CC1. The Morgan fingerprint density at radius 3 is 2.63 bits per heavy atom. The van der Waals surface area contributed by atoms with E-state index in [1.165, 1.54) is 11.3 Å². The minimum Gasteiger partial charge on any atom is -0.495 e. The fourth-order valence-corrected chi connectivity index (χ4v) is 3.88. The fourth-order valence-electron chi connectivity index (χ4n) is 3.24. The van der Waals surface area contributed by atoms with Gasteiger partial charge in [0.1, 0.15) is 5.75 Å². The zero-order valence-electron chi connectivity index (χ0n) is 15.6. The number of piperidine rings is 1. The number of likely N-dealkylation sites (tertiary alicyclic amines) is 1. The number of amides is 2. The molecule has 2 N–H and O–H groups in total. The molecule has 1 aromatic heterocycles. The molecule has 7 heteroatoms. The van der Waals surface area contributed by atoms with Crippen molar-refractivity contribution in [2.75, 3.05) is 25.5 Å². The average molecular weight is 388 g/mol. The van der Waals surface area contributed by atoms with Gasteiger partial charge in [-0.15, -0.1) is 0 Å². The molecule has 1 atom stereocenters. The molecule has 0 saturated carbocycles. The maximum Gasteiger partial charge on any atom is 0.252 e. The molecule has 3 rings (SSSR count). The van der Waals surface area contributed by atoms with Crippen LogP contribution in [0, 0.1) is 0 Å². The predicted molar refractivity (Wildman–Crippen MR) is 107 cm³/mol. The van der Waals surface area contributed by atoms with E-state index in [1.54, 1.807) is 7.11 Å². The normalized spacial score (nSPS) is 16.5. The molecule has 6 nitrogen and oxygen atoms in total. The lowest BCUT2D eigenvalue weighted by Gasteiger charge is -2.35. The summed E-state index contributed by atoms with van der Waals surface area (Å²) in [6, 6.07) is 9.12. The van der Waals surface area contributed by atoms with Crippen LogP contribution in [0.15, 0.2) is 41.1 Å². The number of hydrogen-bond donors (Lipinski definition) is 2. The number of rotatable bonds is 6. The first kappa shape index (κ1) is 19.4. The van der Waals surface area contributed by atoms with Crippen molar-refractivity contribution in [2.45, 2.75) is 31.8 Å². The van der Waals surface area contributed by atoms with Gasteiger partial charge in [-0.25, -0.2) is 0 Å². The number of benzene rings is 1. The number of carbonyl (C=O) groups is 2. The van der Waals surface area contributed by atoms with Gasteiger partial charge in [0.2, 0.25) is 5.91 Å². The summed E-state index contributed by atoms with van der Waals surface area (Å²) in [5.41, 5.74) is 1.39. The number of methoxy groups -OCH3 is 1. The second-order valence-corrected chi connectivity index (χ2v) is 7.44. The Morgan fingerprint density at radius 1 is 1.22 bits per heavy atom. The fraction of sp³-hybridized carbons (Fsp3) is 0.400. The van der Waals surface area contributed by atoms with E-state index in [4.69, 9.17) is 4.74 Å². The molecule has 0 spiro atoms. The Balaban J connectivity index is 1.49. The maximum absolute atomic E-state index is 12.6. The number of anilines is 1. The highest BCUT2D eigenvalue weighted by molar-refractivity contribution is 7.08. The summed E-state index contributed by atoms with van der Waals surface area (Å²) in [4.78, 5) is 26.9. The number of thiophene rings is 1. The Kier molecular flexibility index (Phi) is 6.47. The molecule has 1 unspecified atom stereocenters. The van der Waals surface area contributed by atoms with E-state index in [1.807, 2.05) is 48.0 Å². The van der Waals surface area contributed by atoms with Gasteiger partial charge < -0.3 is 15.4 Å². The largest absolute Gasteiger partial charge is 0.495 e. The highest BCUT2D eigenvalue weighted by Crippen LogP contribution is 2.24. The number of nitrogens with one attached hydrogen (secondary N) is 2. The summed E-state index contributed by atoms with van der Waals surface area (Å²) < 4.78 is 5.29. The summed E-state index contributed by atoms with van der Waals surface area (Å²) in [7, 11) is 1.59. The molecule has 0 aliphatic carbocycles. The second-order valence-electron chi connectivity index (χ2n) is 6.66. The summed E-state index contributed by atoms with van der Waals surface area (Å²) in [6.45, 7) is 3.46. The van der Waals surface area contributed by atoms with Gasteiger partial charge >= 0.3 is 0 Å². The lowest BCUT2D eigenvalue weighted by Crippen LogP contribution is -2.50. The molecule has 27 heavy (non-hydrogen) atoms. The monoisotopic (exact) mass is 387 g/mol. The molecule has 1 aliphatic rings. The minimum absolute atomic E-state index is 0.0170. The molecule has 2 aromatic rings. The van der Waals surface area contributed by atoms with Gasteiger partial charge in [-0.1, -0.05) is 12.1 Å². The lowest BCUT2D eigenvalue weighted by atomic mass is 10.0. The van der Waals surface area contributed by atoms with Crippen molar-refractivity contribution < 1.29 is 14.3 Å².